The number of rotatable bonds is 4. The van der Waals surface area contributed by atoms with Crippen LogP contribution in [-0.4, -0.2) is 23.5 Å². The van der Waals surface area contributed by atoms with Gasteiger partial charge in [-0.2, -0.15) is 0 Å². The Morgan fingerprint density at radius 2 is 1.78 bits per heavy atom. The lowest BCUT2D eigenvalue weighted by Crippen LogP contribution is -2.36. The van der Waals surface area contributed by atoms with Crippen LogP contribution in [-0.2, 0) is 16.0 Å². The summed E-state index contributed by atoms with van der Waals surface area (Å²) in [6.45, 7) is 2.05. The lowest BCUT2D eigenvalue weighted by molar-refractivity contribution is -0.136. The lowest BCUT2D eigenvalue weighted by Gasteiger charge is -2.08. The van der Waals surface area contributed by atoms with Crippen LogP contribution in [0.15, 0.2) is 42.5 Å². The number of hydrogen-bond donors (Lipinski definition) is 3. The first-order valence-corrected chi connectivity index (χ1v) is 7.09. The number of anilines is 1. The molecule has 0 fully saturated rings. The summed E-state index contributed by atoms with van der Waals surface area (Å²) in [5, 5.41) is 14.5. The minimum Gasteiger partial charge on any atom is -0.506 e. The fraction of sp³-hybridized carbons (Fsp3) is 0.176. The van der Waals surface area contributed by atoms with Gasteiger partial charge in [-0.3, -0.25) is 9.59 Å². The Labute approximate surface area is 133 Å². The summed E-state index contributed by atoms with van der Waals surface area (Å²) >= 11 is 0. The van der Waals surface area contributed by atoms with Crippen LogP contribution in [0.25, 0.3) is 0 Å². The molecule has 0 saturated heterocycles. The molecule has 0 aromatic heterocycles. The molecule has 3 N–H and O–H groups in total. The molecule has 6 heteroatoms. The van der Waals surface area contributed by atoms with E-state index in [9.17, 15) is 19.1 Å². The third-order valence-corrected chi connectivity index (χ3v) is 3.22. The third kappa shape index (κ3) is 4.81. The molecule has 0 aliphatic heterocycles. The predicted octanol–water partition coefficient (Wildman–Crippen LogP) is 2.14. The van der Waals surface area contributed by atoms with E-state index in [1.54, 1.807) is 25.1 Å². The number of phenols is 1. The van der Waals surface area contributed by atoms with E-state index in [2.05, 4.69) is 10.6 Å². The van der Waals surface area contributed by atoms with Crippen molar-refractivity contribution in [3.8, 4) is 5.75 Å². The number of benzene rings is 2. The number of carbonyl (C=O) groups is 2. The highest BCUT2D eigenvalue weighted by atomic mass is 19.1. The minimum absolute atomic E-state index is 0.0996. The first kappa shape index (κ1) is 16.5. The number of nitrogens with one attached hydrogen (secondary N) is 2. The molecular weight excluding hydrogens is 299 g/mol. The Kier molecular flexibility index (Phi) is 5.30. The minimum atomic E-state index is -0.858. The normalized spacial score (nSPS) is 10.2. The number of aryl methyl sites for hydroxylation is 1. The van der Waals surface area contributed by atoms with Gasteiger partial charge in [-0.05, 0) is 48.7 Å². The number of hydrogen-bond acceptors (Lipinski definition) is 3. The zero-order chi connectivity index (χ0) is 16.8. The van der Waals surface area contributed by atoms with E-state index in [0.717, 1.165) is 11.1 Å². The quantitative estimate of drug-likeness (QED) is 0.597. The Morgan fingerprint density at radius 3 is 2.43 bits per heavy atom. The molecule has 0 atom stereocenters. The largest absolute Gasteiger partial charge is 0.506 e. The first-order valence-electron chi connectivity index (χ1n) is 7.09. The smallest absolute Gasteiger partial charge is 0.313 e. The molecule has 23 heavy (non-hydrogen) atoms. The second-order valence-corrected chi connectivity index (χ2v) is 5.11. The van der Waals surface area contributed by atoms with E-state index in [4.69, 9.17) is 0 Å². The average molecular weight is 316 g/mol. The number of amides is 2. The van der Waals surface area contributed by atoms with Crippen LogP contribution >= 0.6 is 0 Å². The van der Waals surface area contributed by atoms with Gasteiger partial charge >= 0.3 is 11.8 Å². The number of phenolic OH excluding ortho intramolecular Hbond substituents is 1. The molecule has 2 rings (SSSR count). The standard InChI is InChI=1S/C17H17FN2O3/c1-11-2-7-14(15(21)10-11)20-17(23)16(22)19-9-8-12-3-5-13(18)6-4-12/h2-7,10,21H,8-9H2,1H3,(H,19,22)(H,20,23). The SMILES string of the molecule is Cc1ccc(NC(=O)C(=O)NCCc2ccc(F)cc2)c(O)c1. The summed E-state index contributed by atoms with van der Waals surface area (Å²) in [7, 11) is 0. The fourth-order valence-electron chi connectivity index (χ4n) is 1.98. The monoisotopic (exact) mass is 316 g/mol. The summed E-state index contributed by atoms with van der Waals surface area (Å²) in [4.78, 5) is 23.5. The van der Waals surface area contributed by atoms with E-state index in [1.165, 1.54) is 24.3 Å². The van der Waals surface area contributed by atoms with E-state index < -0.39 is 11.8 Å². The van der Waals surface area contributed by atoms with Crippen molar-refractivity contribution in [3.05, 3.63) is 59.4 Å². The fourth-order valence-corrected chi connectivity index (χ4v) is 1.98. The molecule has 0 spiro atoms. The van der Waals surface area contributed by atoms with Crippen molar-refractivity contribution in [1.82, 2.24) is 5.32 Å². The third-order valence-electron chi connectivity index (χ3n) is 3.22. The summed E-state index contributed by atoms with van der Waals surface area (Å²) in [5.74, 6) is -2.08. The van der Waals surface area contributed by atoms with Gasteiger partial charge in [-0.1, -0.05) is 18.2 Å². The zero-order valence-electron chi connectivity index (χ0n) is 12.6. The maximum absolute atomic E-state index is 12.8. The Bertz CT molecular complexity index is 714. The molecule has 0 aliphatic rings. The van der Waals surface area contributed by atoms with Crippen LogP contribution in [0.5, 0.6) is 5.75 Å². The van der Waals surface area contributed by atoms with Crippen molar-refractivity contribution >= 4 is 17.5 Å². The van der Waals surface area contributed by atoms with Crippen LogP contribution in [0.2, 0.25) is 0 Å². The van der Waals surface area contributed by atoms with Crippen molar-refractivity contribution < 1.29 is 19.1 Å². The van der Waals surface area contributed by atoms with E-state index in [-0.39, 0.29) is 23.8 Å². The molecule has 0 unspecified atom stereocenters. The molecule has 2 amide bonds. The van der Waals surface area contributed by atoms with Gasteiger partial charge in [-0.15, -0.1) is 0 Å². The van der Waals surface area contributed by atoms with Crippen LogP contribution in [0.3, 0.4) is 0 Å². The van der Waals surface area contributed by atoms with Crippen molar-refractivity contribution in [2.45, 2.75) is 13.3 Å². The van der Waals surface area contributed by atoms with Crippen LogP contribution in [0.4, 0.5) is 10.1 Å². The van der Waals surface area contributed by atoms with Gasteiger partial charge < -0.3 is 15.7 Å². The summed E-state index contributed by atoms with van der Waals surface area (Å²) in [6.07, 6.45) is 0.481. The van der Waals surface area contributed by atoms with Gasteiger partial charge in [0.1, 0.15) is 11.6 Å². The predicted molar refractivity (Wildman–Crippen MR) is 84.6 cm³/mol. The molecular formula is C17H17FN2O3. The van der Waals surface area contributed by atoms with Crippen molar-refractivity contribution in [2.75, 3.05) is 11.9 Å². The molecule has 0 heterocycles. The Morgan fingerprint density at radius 1 is 1.09 bits per heavy atom. The Hall–Kier alpha value is -2.89. The lowest BCUT2D eigenvalue weighted by atomic mass is 10.1. The number of carbonyl (C=O) groups excluding carboxylic acids is 2. The molecule has 0 saturated carbocycles. The molecule has 0 aliphatic carbocycles. The molecule has 5 nitrogen and oxygen atoms in total. The second-order valence-electron chi connectivity index (χ2n) is 5.11. The highest BCUT2D eigenvalue weighted by Gasteiger charge is 2.14. The zero-order valence-corrected chi connectivity index (χ0v) is 12.6. The summed E-state index contributed by atoms with van der Waals surface area (Å²) in [5.41, 5.74) is 1.86. The summed E-state index contributed by atoms with van der Waals surface area (Å²) < 4.78 is 12.8. The van der Waals surface area contributed by atoms with Gasteiger partial charge in [-0.25, -0.2) is 4.39 Å². The topological polar surface area (TPSA) is 78.4 Å². The number of halogens is 1. The van der Waals surface area contributed by atoms with Gasteiger partial charge in [0, 0.05) is 6.54 Å². The molecule has 120 valence electrons. The first-order chi connectivity index (χ1) is 11.0. The second kappa shape index (κ2) is 7.40. The van der Waals surface area contributed by atoms with Gasteiger partial charge in [0.15, 0.2) is 0 Å². The van der Waals surface area contributed by atoms with Crippen LogP contribution < -0.4 is 10.6 Å². The van der Waals surface area contributed by atoms with Crippen LogP contribution in [0.1, 0.15) is 11.1 Å². The maximum Gasteiger partial charge on any atom is 0.313 e. The molecule has 0 bridgehead atoms. The van der Waals surface area contributed by atoms with Gasteiger partial charge in [0.2, 0.25) is 0 Å². The van der Waals surface area contributed by atoms with E-state index in [1.807, 2.05) is 0 Å². The van der Waals surface area contributed by atoms with Crippen LogP contribution in [0, 0.1) is 12.7 Å². The van der Waals surface area contributed by atoms with Gasteiger partial charge in [0.25, 0.3) is 0 Å². The van der Waals surface area contributed by atoms with Crippen molar-refractivity contribution in [2.24, 2.45) is 0 Å². The molecule has 2 aromatic rings. The maximum atomic E-state index is 12.8. The molecule has 2 aromatic carbocycles. The molecule has 0 radical (unpaired) electrons. The van der Waals surface area contributed by atoms with Crippen molar-refractivity contribution in [1.29, 1.82) is 0 Å². The summed E-state index contributed by atoms with van der Waals surface area (Å²) in [6, 6.07) is 10.6. The number of aromatic hydroxyl groups is 1. The van der Waals surface area contributed by atoms with Gasteiger partial charge in [0.05, 0.1) is 5.69 Å². The highest BCUT2D eigenvalue weighted by Crippen LogP contribution is 2.23. The Balaban J connectivity index is 1.83. The van der Waals surface area contributed by atoms with E-state index in [0.29, 0.717) is 6.42 Å². The van der Waals surface area contributed by atoms with Crippen molar-refractivity contribution in [3.63, 3.8) is 0 Å². The van der Waals surface area contributed by atoms with E-state index >= 15 is 0 Å². The highest BCUT2D eigenvalue weighted by molar-refractivity contribution is 6.39. The average Bonchev–Trinajstić information content (AvgIpc) is 2.51.